The molecule has 0 spiro atoms. The zero-order valence-corrected chi connectivity index (χ0v) is 16.3. The molecule has 0 unspecified atom stereocenters. The van der Waals surface area contributed by atoms with E-state index in [-0.39, 0.29) is 0 Å². The normalized spacial score (nSPS) is 11.2. The molecular weight excluding hydrogens is 380 g/mol. The maximum Gasteiger partial charge on any atom is 0.333 e. The lowest BCUT2D eigenvalue weighted by atomic mass is 10.1. The van der Waals surface area contributed by atoms with Crippen molar-refractivity contribution in [1.82, 2.24) is 10.6 Å². The van der Waals surface area contributed by atoms with Crippen LogP contribution in [-0.4, -0.2) is 24.4 Å². The summed E-state index contributed by atoms with van der Waals surface area (Å²) in [6.07, 6.45) is 0. The third kappa shape index (κ3) is 6.04. The lowest BCUT2D eigenvalue weighted by Crippen LogP contribution is -2.37. The Balaban J connectivity index is 1.60. The molecule has 0 saturated carbocycles. The fraction of sp³-hybridized carbons (Fsp3) is 0.125. The number of carbonyl (C=O) groups is 3. The number of esters is 1. The molecular formula is C24H22N2O4. The van der Waals surface area contributed by atoms with E-state index in [1.54, 1.807) is 54.6 Å². The fourth-order valence-electron chi connectivity index (χ4n) is 2.80. The average molecular weight is 402 g/mol. The van der Waals surface area contributed by atoms with Gasteiger partial charge in [-0.05, 0) is 23.3 Å². The Hall–Kier alpha value is -3.93. The van der Waals surface area contributed by atoms with Gasteiger partial charge < -0.3 is 15.4 Å². The van der Waals surface area contributed by atoms with E-state index in [2.05, 4.69) is 10.6 Å². The maximum atomic E-state index is 12.7. The van der Waals surface area contributed by atoms with Gasteiger partial charge in [-0.1, -0.05) is 78.9 Å². The molecule has 3 aromatic carbocycles. The van der Waals surface area contributed by atoms with Gasteiger partial charge in [-0.15, -0.1) is 0 Å². The monoisotopic (exact) mass is 402 g/mol. The van der Waals surface area contributed by atoms with Gasteiger partial charge in [0.25, 0.3) is 11.8 Å². The average Bonchev–Trinajstić information content (AvgIpc) is 2.81. The molecule has 6 heteroatoms. The van der Waals surface area contributed by atoms with Crippen molar-refractivity contribution in [3.05, 3.63) is 108 Å². The first-order chi connectivity index (χ1) is 14.6. The SMILES string of the molecule is O=C(COC(=O)[C@@H](NC(=O)c1ccccc1)c1ccccc1)NCc1ccccc1. The number of nitrogens with one attached hydrogen (secondary N) is 2. The lowest BCUT2D eigenvalue weighted by Gasteiger charge is -2.18. The molecule has 0 radical (unpaired) electrons. The van der Waals surface area contributed by atoms with Gasteiger partial charge in [0, 0.05) is 12.1 Å². The molecule has 2 N–H and O–H groups in total. The number of rotatable bonds is 8. The van der Waals surface area contributed by atoms with Crippen LogP contribution in [0.5, 0.6) is 0 Å². The van der Waals surface area contributed by atoms with Crippen LogP contribution in [0.1, 0.15) is 27.5 Å². The van der Waals surface area contributed by atoms with Crippen LogP contribution in [0.15, 0.2) is 91.0 Å². The summed E-state index contributed by atoms with van der Waals surface area (Å²) in [6.45, 7) is -0.0969. The second-order valence-electron chi connectivity index (χ2n) is 6.55. The van der Waals surface area contributed by atoms with E-state index in [1.165, 1.54) is 0 Å². The number of hydrogen-bond donors (Lipinski definition) is 2. The Kier molecular flexibility index (Phi) is 7.33. The summed E-state index contributed by atoms with van der Waals surface area (Å²) in [5, 5.41) is 5.38. The summed E-state index contributed by atoms with van der Waals surface area (Å²) >= 11 is 0. The molecule has 0 bridgehead atoms. The zero-order chi connectivity index (χ0) is 21.2. The Labute approximate surface area is 174 Å². The van der Waals surface area contributed by atoms with Crippen LogP contribution in [0.4, 0.5) is 0 Å². The fourth-order valence-corrected chi connectivity index (χ4v) is 2.80. The Morgan fingerprint density at radius 2 is 1.33 bits per heavy atom. The standard InChI is InChI=1S/C24H22N2O4/c27-21(25-16-18-10-4-1-5-11-18)17-30-24(29)22(19-12-6-2-7-13-19)26-23(28)20-14-8-3-9-15-20/h1-15,22H,16-17H2,(H,25,27)(H,26,28)/t22-/m0/s1. The summed E-state index contributed by atoms with van der Waals surface area (Å²) < 4.78 is 5.18. The maximum absolute atomic E-state index is 12.7. The van der Waals surface area contributed by atoms with Crippen molar-refractivity contribution < 1.29 is 19.1 Å². The van der Waals surface area contributed by atoms with Gasteiger partial charge in [0.1, 0.15) is 0 Å². The van der Waals surface area contributed by atoms with E-state index < -0.39 is 30.4 Å². The molecule has 0 aromatic heterocycles. The van der Waals surface area contributed by atoms with Crippen molar-refractivity contribution in [3.63, 3.8) is 0 Å². The number of carbonyl (C=O) groups excluding carboxylic acids is 3. The van der Waals surface area contributed by atoms with Crippen molar-refractivity contribution in [2.75, 3.05) is 6.61 Å². The van der Waals surface area contributed by atoms with Crippen LogP contribution in [0.25, 0.3) is 0 Å². The molecule has 2 amide bonds. The summed E-state index contributed by atoms with van der Waals surface area (Å²) in [5.41, 5.74) is 1.93. The molecule has 0 heterocycles. The summed E-state index contributed by atoms with van der Waals surface area (Å²) in [7, 11) is 0. The minimum absolute atomic E-state index is 0.337. The first-order valence-electron chi connectivity index (χ1n) is 9.51. The molecule has 0 aliphatic heterocycles. The highest BCUT2D eigenvalue weighted by molar-refractivity contribution is 5.97. The molecule has 152 valence electrons. The molecule has 0 fully saturated rings. The molecule has 1 atom stereocenters. The van der Waals surface area contributed by atoms with Crippen LogP contribution in [0.2, 0.25) is 0 Å². The summed E-state index contributed by atoms with van der Waals surface area (Å²) in [5.74, 6) is -1.54. The third-order valence-electron chi connectivity index (χ3n) is 4.36. The van der Waals surface area contributed by atoms with Gasteiger partial charge in [0.15, 0.2) is 12.6 Å². The first kappa shape index (κ1) is 20.8. The topological polar surface area (TPSA) is 84.5 Å². The molecule has 0 saturated heterocycles. The van der Waals surface area contributed by atoms with Gasteiger partial charge in [0.2, 0.25) is 0 Å². The quantitative estimate of drug-likeness (QED) is 0.568. The number of benzene rings is 3. The number of ether oxygens (including phenoxy) is 1. The molecule has 3 rings (SSSR count). The first-order valence-corrected chi connectivity index (χ1v) is 9.51. The minimum atomic E-state index is -1.03. The second-order valence-corrected chi connectivity index (χ2v) is 6.55. The second kappa shape index (κ2) is 10.6. The van der Waals surface area contributed by atoms with Gasteiger partial charge in [-0.2, -0.15) is 0 Å². The summed E-state index contributed by atoms with van der Waals surface area (Å²) in [4.78, 5) is 37.3. The van der Waals surface area contributed by atoms with Crippen LogP contribution >= 0.6 is 0 Å². The predicted octanol–water partition coefficient (Wildman–Crippen LogP) is 3.02. The smallest absolute Gasteiger partial charge is 0.333 e. The molecule has 30 heavy (non-hydrogen) atoms. The van der Waals surface area contributed by atoms with E-state index in [0.717, 1.165) is 5.56 Å². The highest BCUT2D eigenvalue weighted by Crippen LogP contribution is 2.15. The van der Waals surface area contributed by atoms with Crippen molar-refractivity contribution in [1.29, 1.82) is 0 Å². The third-order valence-corrected chi connectivity index (χ3v) is 4.36. The van der Waals surface area contributed by atoms with E-state index in [4.69, 9.17) is 4.74 Å². The van der Waals surface area contributed by atoms with Crippen LogP contribution in [-0.2, 0) is 20.9 Å². The number of hydrogen-bond acceptors (Lipinski definition) is 4. The highest BCUT2D eigenvalue weighted by atomic mass is 16.5. The molecule has 6 nitrogen and oxygen atoms in total. The van der Waals surface area contributed by atoms with E-state index >= 15 is 0 Å². The van der Waals surface area contributed by atoms with E-state index in [1.807, 2.05) is 36.4 Å². The van der Waals surface area contributed by atoms with Gasteiger partial charge >= 0.3 is 5.97 Å². The van der Waals surface area contributed by atoms with Gasteiger partial charge in [-0.25, -0.2) is 4.79 Å². The Bertz CT molecular complexity index is 976. The van der Waals surface area contributed by atoms with Crippen LogP contribution in [0.3, 0.4) is 0 Å². The molecule has 3 aromatic rings. The van der Waals surface area contributed by atoms with Crippen LogP contribution < -0.4 is 10.6 Å². The van der Waals surface area contributed by atoms with Gasteiger partial charge in [-0.3, -0.25) is 9.59 Å². The van der Waals surface area contributed by atoms with Gasteiger partial charge in [0.05, 0.1) is 0 Å². The molecule has 0 aliphatic carbocycles. The molecule has 0 aliphatic rings. The van der Waals surface area contributed by atoms with Crippen LogP contribution in [0, 0.1) is 0 Å². The van der Waals surface area contributed by atoms with Crippen molar-refractivity contribution in [2.45, 2.75) is 12.6 Å². The van der Waals surface area contributed by atoms with Crippen molar-refractivity contribution in [3.8, 4) is 0 Å². The largest absolute Gasteiger partial charge is 0.454 e. The number of amides is 2. The minimum Gasteiger partial charge on any atom is -0.454 e. The Morgan fingerprint density at radius 1 is 0.767 bits per heavy atom. The zero-order valence-electron chi connectivity index (χ0n) is 16.3. The Morgan fingerprint density at radius 3 is 1.97 bits per heavy atom. The van der Waals surface area contributed by atoms with Crippen molar-refractivity contribution in [2.24, 2.45) is 0 Å². The highest BCUT2D eigenvalue weighted by Gasteiger charge is 2.25. The lowest BCUT2D eigenvalue weighted by molar-refractivity contribution is -0.150. The summed E-state index contributed by atoms with van der Waals surface area (Å²) in [6, 6.07) is 25.7. The van der Waals surface area contributed by atoms with Crippen molar-refractivity contribution >= 4 is 17.8 Å². The van der Waals surface area contributed by atoms with E-state index in [0.29, 0.717) is 17.7 Å². The van der Waals surface area contributed by atoms with E-state index in [9.17, 15) is 14.4 Å². The predicted molar refractivity (Wildman–Crippen MR) is 112 cm³/mol.